The molecule has 0 spiro atoms. The molecule has 1 fully saturated rings. The highest BCUT2D eigenvalue weighted by molar-refractivity contribution is 6.30. The van der Waals surface area contributed by atoms with Crippen LogP contribution in [-0.4, -0.2) is 33.4 Å². The molecule has 2 heterocycles. The van der Waals surface area contributed by atoms with Gasteiger partial charge in [-0.1, -0.05) is 35.9 Å². The van der Waals surface area contributed by atoms with Gasteiger partial charge in [-0.15, -0.1) is 0 Å². The summed E-state index contributed by atoms with van der Waals surface area (Å²) in [7, 11) is 2.10. The minimum Gasteiger partial charge on any atom is -0.352 e. The summed E-state index contributed by atoms with van der Waals surface area (Å²) in [6.45, 7) is 3.56. The van der Waals surface area contributed by atoms with Crippen LogP contribution in [0, 0.1) is 5.92 Å². The van der Waals surface area contributed by atoms with E-state index in [1.54, 1.807) is 0 Å². The van der Waals surface area contributed by atoms with Crippen LogP contribution in [0.15, 0.2) is 48.5 Å². The number of aryl methyl sites for hydroxylation is 1. The highest BCUT2D eigenvalue weighted by Gasteiger charge is 2.21. The number of amides is 1. The number of carbonyl (C=O) groups is 1. The molecule has 1 aliphatic heterocycles. The van der Waals surface area contributed by atoms with Crippen LogP contribution in [0.25, 0.3) is 11.0 Å². The van der Waals surface area contributed by atoms with Crippen LogP contribution in [0.4, 0.5) is 0 Å². The van der Waals surface area contributed by atoms with Gasteiger partial charge in [0.15, 0.2) is 0 Å². The molecule has 5 nitrogen and oxygen atoms in total. The topological polar surface area (TPSA) is 50.2 Å². The Hall–Kier alpha value is -2.37. The lowest BCUT2D eigenvalue weighted by Crippen LogP contribution is -2.34. The van der Waals surface area contributed by atoms with Gasteiger partial charge in [0.2, 0.25) is 5.91 Å². The number of halogens is 1. The van der Waals surface area contributed by atoms with Gasteiger partial charge in [-0.05, 0) is 68.1 Å². The lowest BCUT2D eigenvalue weighted by Gasteiger charge is -2.31. The molecule has 158 valence electrons. The Kier molecular flexibility index (Phi) is 6.70. The van der Waals surface area contributed by atoms with Gasteiger partial charge in [-0.3, -0.25) is 9.69 Å². The van der Waals surface area contributed by atoms with Crippen LogP contribution in [0.5, 0.6) is 0 Å². The number of rotatable bonds is 7. The first-order chi connectivity index (χ1) is 14.6. The summed E-state index contributed by atoms with van der Waals surface area (Å²) in [5.74, 6) is 1.87. The summed E-state index contributed by atoms with van der Waals surface area (Å²) < 4.78 is 2.20. The molecule has 1 saturated heterocycles. The first kappa shape index (κ1) is 20.9. The first-order valence-electron chi connectivity index (χ1n) is 10.7. The largest absolute Gasteiger partial charge is 0.352 e. The molecular weight excluding hydrogens is 396 g/mol. The standard InChI is InChI=1S/C24H29ClN4O/c1-28-22-8-3-2-7-21(22)27-23(28)17-29-13-11-18(12-14-29)9-10-24(30)26-16-19-5-4-6-20(25)15-19/h2-8,15,18H,9-14,16-17H2,1H3,(H,26,30). The maximum absolute atomic E-state index is 12.2. The predicted octanol–water partition coefficient (Wildman–Crippen LogP) is 4.54. The smallest absolute Gasteiger partial charge is 0.220 e. The van der Waals surface area contributed by atoms with Crippen molar-refractivity contribution in [3.05, 3.63) is 64.9 Å². The van der Waals surface area contributed by atoms with Crippen LogP contribution >= 0.6 is 11.6 Å². The molecule has 0 unspecified atom stereocenters. The SMILES string of the molecule is Cn1c(CN2CCC(CCC(=O)NCc3cccc(Cl)c3)CC2)nc2ccccc21. The number of hydrogen-bond donors (Lipinski definition) is 1. The molecule has 2 aromatic carbocycles. The first-order valence-corrected chi connectivity index (χ1v) is 11.1. The van der Waals surface area contributed by atoms with Crippen molar-refractivity contribution >= 4 is 28.5 Å². The molecule has 6 heteroatoms. The lowest BCUT2D eigenvalue weighted by molar-refractivity contribution is -0.121. The molecule has 1 aromatic heterocycles. The molecule has 4 rings (SSSR count). The third-order valence-corrected chi connectivity index (χ3v) is 6.35. The Morgan fingerprint density at radius 3 is 2.73 bits per heavy atom. The van der Waals surface area contributed by atoms with Crippen molar-refractivity contribution in [2.24, 2.45) is 13.0 Å². The molecule has 1 N–H and O–H groups in total. The number of imidazole rings is 1. The zero-order valence-electron chi connectivity index (χ0n) is 17.5. The number of benzene rings is 2. The van der Waals surface area contributed by atoms with E-state index in [2.05, 4.69) is 40.0 Å². The Morgan fingerprint density at radius 1 is 1.17 bits per heavy atom. The van der Waals surface area contributed by atoms with Crippen molar-refractivity contribution in [2.45, 2.75) is 38.8 Å². The fraction of sp³-hybridized carbons (Fsp3) is 0.417. The molecule has 0 bridgehead atoms. The Morgan fingerprint density at radius 2 is 1.97 bits per heavy atom. The second-order valence-corrected chi connectivity index (χ2v) is 8.68. The molecule has 0 aliphatic carbocycles. The van der Waals surface area contributed by atoms with E-state index in [4.69, 9.17) is 16.6 Å². The lowest BCUT2D eigenvalue weighted by atomic mass is 9.92. The van der Waals surface area contributed by atoms with Gasteiger partial charge >= 0.3 is 0 Å². The van der Waals surface area contributed by atoms with Crippen molar-refractivity contribution < 1.29 is 4.79 Å². The number of likely N-dealkylation sites (tertiary alicyclic amines) is 1. The third-order valence-electron chi connectivity index (χ3n) is 6.11. The average molecular weight is 425 g/mol. The highest BCUT2D eigenvalue weighted by Crippen LogP contribution is 2.24. The van der Waals surface area contributed by atoms with Crippen LogP contribution in [0.2, 0.25) is 5.02 Å². The molecule has 3 aromatic rings. The van der Waals surface area contributed by atoms with E-state index in [1.165, 1.54) is 5.52 Å². The van der Waals surface area contributed by atoms with E-state index >= 15 is 0 Å². The van der Waals surface area contributed by atoms with Crippen molar-refractivity contribution in [3.8, 4) is 0 Å². The molecule has 1 amide bonds. The zero-order valence-corrected chi connectivity index (χ0v) is 18.2. The highest BCUT2D eigenvalue weighted by atomic mass is 35.5. The minimum atomic E-state index is 0.122. The number of carbonyl (C=O) groups excluding carboxylic acids is 1. The van der Waals surface area contributed by atoms with Crippen molar-refractivity contribution in [3.63, 3.8) is 0 Å². The maximum atomic E-state index is 12.2. The fourth-order valence-corrected chi connectivity index (χ4v) is 4.45. The van der Waals surface area contributed by atoms with E-state index in [9.17, 15) is 4.79 Å². The van der Waals surface area contributed by atoms with E-state index in [1.807, 2.05) is 30.3 Å². The monoisotopic (exact) mass is 424 g/mol. The van der Waals surface area contributed by atoms with Crippen LogP contribution in [-0.2, 0) is 24.9 Å². The molecule has 0 atom stereocenters. The Balaban J connectivity index is 1.19. The van der Waals surface area contributed by atoms with Gasteiger partial charge in [-0.2, -0.15) is 0 Å². The van der Waals surface area contributed by atoms with Crippen LogP contribution in [0.3, 0.4) is 0 Å². The molecule has 1 aliphatic rings. The van der Waals surface area contributed by atoms with Crippen molar-refractivity contribution in [2.75, 3.05) is 13.1 Å². The van der Waals surface area contributed by atoms with Gasteiger partial charge in [0.1, 0.15) is 5.82 Å². The number of fused-ring (bicyclic) bond motifs is 1. The molecule has 0 saturated carbocycles. The number of nitrogens with one attached hydrogen (secondary N) is 1. The second kappa shape index (κ2) is 9.63. The van der Waals surface area contributed by atoms with Gasteiger partial charge in [-0.25, -0.2) is 4.98 Å². The quantitative estimate of drug-likeness (QED) is 0.606. The van der Waals surface area contributed by atoms with Crippen molar-refractivity contribution in [1.82, 2.24) is 19.8 Å². The van der Waals surface area contributed by atoms with E-state index in [-0.39, 0.29) is 5.91 Å². The van der Waals surface area contributed by atoms with Gasteiger partial charge in [0.25, 0.3) is 0 Å². The predicted molar refractivity (Wildman–Crippen MR) is 121 cm³/mol. The summed E-state index contributed by atoms with van der Waals surface area (Å²) in [5.41, 5.74) is 3.28. The summed E-state index contributed by atoms with van der Waals surface area (Å²) >= 11 is 5.99. The fourth-order valence-electron chi connectivity index (χ4n) is 4.24. The van der Waals surface area contributed by atoms with Crippen molar-refractivity contribution in [1.29, 1.82) is 0 Å². The summed E-state index contributed by atoms with van der Waals surface area (Å²) in [5, 5.41) is 3.71. The number of hydrogen-bond acceptors (Lipinski definition) is 3. The molecule has 0 radical (unpaired) electrons. The number of piperidine rings is 1. The number of aromatic nitrogens is 2. The van der Waals surface area contributed by atoms with Crippen LogP contribution < -0.4 is 5.32 Å². The van der Waals surface area contributed by atoms with Gasteiger partial charge < -0.3 is 9.88 Å². The van der Waals surface area contributed by atoms with E-state index in [0.29, 0.717) is 23.9 Å². The maximum Gasteiger partial charge on any atom is 0.220 e. The number of nitrogens with zero attached hydrogens (tertiary/aromatic N) is 3. The summed E-state index contributed by atoms with van der Waals surface area (Å²) in [6, 6.07) is 15.9. The third kappa shape index (κ3) is 5.21. The minimum absolute atomic E-state index is 0.122. The molecular formula is C24H29ClN4O. The normalized spacial score (nSPS) is 15.5. The average Bonchev–Trinajstić information content (AvgIpc) is 3.07. The van der Waals surface area contributed by atoms with E-state index in [0.717, 1.165) is 55.8 Å². The summed E-state index contributed by atoms with van der Waals surface area (Å²) in [4.78, 5) is 19.5. The zero-order chi connectivity index (χ0) is 20.9. The Bertz CT molecular complexity index is 1010. The van der Waals surface area contributed by atoms with Crippen LogP contribution in [0.1, 0.15) is 37.1 Å². The second-order valence-electron chi connectivity index (χ2n) is 8.24. The Labute approximate surface area is 183 Å². The van der Waals surface area contributed by atoms with Gasteiger partial charge in [0.05, 0.1) is 17.6 Å². The molecule has 30 heavy (non-hydrogen) atoms. The van der Waals surface area contributed by atoms with Gasteiger partial charge in [0, 0.05) is 25.0 Å². The number of para-hydroxylation sites is 2. The summed E-state index contributed by atoms with van der Waals surface area (Å²) in [6.07, 6.45) is 3.84. The van der Waals surface area contributed by atoms with E-state index < -0.39 is 0 Å².